The molecular weight excluding hydrogens is 509 g/mol. The zero-order chi connectivity index (χ0) is 25.1. The van der Waals surface area contributed by atoms with Gasteiger partial charge in [-0.3, -0.25) is 9.10 Å². The SMILES string of the molecule is COc1ccc(S(=O)(=O)N2CCCCC2)cc1NC(=O)CN(c1ccc(F)c(Cl)c1)S(C)(=O)=O. The molecule has 0 spiro atoms. The fourth-order valence-corrected chi connectivity index (χ4v) is 6.13. The van der Waals surface area contributed by atoms with Gasteiger partial charge in [0.25, 0.3) is 0 Å². The van der Waals surface area contributed by atoms with Crippen LogP contribution < -0.4 is 14.4 Å². The maximum absolute atomic E-state index is 13.5. The second-order valence-corrected chi connectivity index (χ2v) is 12.0. The minimum absolute atomic E-state index is 0.00237. The van der Waals surface area contributed by atoms with Gasteiger partial charge in [-0.15, -0.1) is 0 Å². The number of benzene rings is 2. The third-order valence-corrected chi connectivity index (χ3v) is 8.60. The van der Waals surface area contributed by atoms with Gasteiger partial charge in [-0.2, -0.15) is 4.31 Å². The van der Waals surface area contributed by atoms with Crippen LogP contribution in [0.1, 0.15) is 19.3 Å². The lowest BCUT2D eigenvalue weighted by Gasteiger charge is -2.26. The van der Waals surface area contributed by atoms with Crippen molar-refractivity contribution in [3.05, 3.63) is 47.2 Å². The highest BCUT2D eigenvalue weighted by Gasteiger charge is 2.27. The standard InChI is InChI=1S/C21H25ClFN3O6S2/c1-32-20-9-7-16(34(30,31)25-10-4-3-5-11-25)13-19(20)24-21(27)14-26(33(2,28)29)15-6-8-18(23)17(22)12-15/h6-9,12-13H,3-5,10-11,14H2,1-2H3,(H,24,27). The summed E-state index contributed by atoms with van der Waals surface area (Å²) in [7, 11) is -6.36. The van der Waals surface area contributed by atoms with Crippen molar-refractivity contribution in [3.63, 3.8) is 0 Å². The van der Waals surface area contributed by atoms with Crippen LogP contribution in [0, 0.1) is 5.82 Å². The third-order valence-electron chi connectivity index (χ3n) is 5.28. The molecule has 13 heteroatoms. The summed E-state index contributed by atoms with van der Waals surface area (Å²) in [4.78, 5) is 12.8. The third kappa shape index (κ3) is 5.98. The van der Waals surface area contributed by atoms with Crippen molar-refractivity contribution in [3.8, 4) is 5.75 Å². The average molecular weight is 534 g/mol. The maximum atomic E-state index is 13.5. The van der Waals surface area contributed by atoms with Gasteiger partial charge in [0.05, 0.1) is 34.7 Å². The first-order chi connectivity index (χ1) is 15.9. The molecule has 186 valence electrons. The van der Waals surface area contributed by atoms with Gasteiger partial charge in [0.2, 0.25) is 26.0 Å². The molecule has 1 fully saturated rings. The maximum Gasteiger partial charge on any atom is 0.245 e. The highest BCUT2D eigenvalue weighted by molar-refractivity contribution is 7.92. The van der Waals surface area contributed by atoms with Gasteiger partial charge in [-0.1, -0.05) is 18.0 Å². The normalized spacial score (nSPS) is 15.1. The Morgan fingerprint density at radius 3 is 2.38 bits per heavy atom. The second kappa shape index (κ2) is 10.5. The van der Waals surface area contributed by atoms with Crippen molar-refractivity contribution in [2.75, 3.05) is 42.6 Å². The largest absolute Gasteiger partial charge is 0.495 e. The first-order valence-corrected chi connectivity index (χ1v) is 14.0. The fourth-order valence-electron chi connectivity index (χ4n) is 3.56. The molecule has 0 unspecified atom stereocenters. The average Bonchev–Trinajstić information content (AvgIpc) is 2.79. The Balaban J connectivity index is 1.87. The Morgan fingerprint density at radius 2 is 1.79 bits per heavy atom. The van der Waals surface area contributed by atoms with Gasteiger partial charge in [0.1, 0.15) is 18.1 Å². The van der Waals surface area contributed by atoms with Crippen LogP contribution in [0.15, 0.2) is 41.3 Å². The van der Waals surface area contributed by atoms with Crippen LogP contribution in [-0.4, -0.2) is 60.0 Å². The number of sulfonamides is 2. The number of carbonyl (C=O) groups excluding carboxylic acids is 1. The first-order valence-electron chi connectivity index (χ1n) is 10.3. The molecule has 0 atom stereocenters. The monoisotopic (exact) mass is 533 g/mol. The zero-order valence-electron chi connectivity index (χ0n) is 18.6. The molecule has 0 saturated carbocycles. The van der Waals surface area contributed by atoms with Gasteiger partial charge in [0, 0.05) is 13.1 Å². The number of amides is 1. The Bertz CT molecular complexity index is 1280. The number of hydrogen-bond acceptors (Lipinski definition) is 6. The Hall–Kier alpha value is -2.41. The van der Waals surface area contributed by atoms with Gasteiger partial charge in [0.15, 0.2) is 0 Å². The van der Waals surface area contributed by atoms with Crippen LogP contribution in [0.3, 0.4) is 0 Å². The van der Waals surface area contributed by atoms with Crippen molar-refractivity contribution in [2.24, 2.45) is 0 Å². The molecular formula is C21H25ClFN3O6S2. The molecule has 1 N–H and O–H groups in total. The smallest absolute Gasteiger partial charge is 0.245 e. The van der Waals surface area contributed by atoms with Crippen molar-refractivity contribution in [2.45, 2.75) is 24.2 Å². The summed E-state index contributed by atoms with van der Waals surface area (Å²) >= 11 is 5.76. The van der Waals surface area contributed by atoms with Crippen molar-refractivity contribution < 1.29 is 30.8 Å². The predicted molar refractivity (Wildman–Crippen MR) is 128 cm³/mol. The number of piperidine rings is 1. The van der Waals surface area contributed by atoms with Gasteiger partial charge >= 0.3 is 0 Å². The van der Waals surface area contributed by atoms with E-state index in [4.69, 9.17) is 16.3 Å². The molecule has 3 rings (SSSR count). The summed E-state index contributed by atoms with van der Waals surface area (Å²) in [6.07, 6.45) is 3.40. The molecule has 34 heavy (non-hydrogen) atoms. The Kier molecular flexibility index (Phi) is 8.06. The Labute approximate surface area is 203 Å². The van der Waals surface area contributed by atoms with E-state index in [1.54, 1.807) is 0 Å². The molecule has 1 amide bonds. The van der Waals surface area contributed by atoms with Crippen LogP contribution in [0.5, 0.6) is 5.75 Å². The van der Waals surface area contributed by atoms with Crippen LogP contribution in [0.25, 0.3) is 0 Å². The van der Waals surface area contributed by atoms with E-state index in [9.17, 15) is 26.0 Å². The number of nitrogens with one attached hydrogen (secondary N) is 1. The predicted octanol–water partition coefficient (Wildman–Crippen LogP) is 3.07. The number of halogens is 2. The topological polar surface area (TPSA) is 113 Å². The van der Waals surface area contributed by atoms with Crippen molar-refractivity contribution in [1.82, 2.24) is 4.31 Å². The van der Waals surface area contributed by atoms with E-state index in [-0.39, 0.29) is 27.0 Å². The number of nitrogens with zero attached hydrogens (tertiary/aromatic N) is 2. The number of anilines is 2. The van der Waals surface area contributed by atoms with E-state index >= 15 is 0 Å². The lowest BCUT2D eigenvalue weighted by atomic mass is 10.2. The summed E-state index contributed by atoms with van der Waals surface area (Å²) in [6, 6.07) is 7.35. The minimum atomic E-state index is -3.94. The van der Waals surface area contributed by atoms with Crippen molar-refractivity contribution >= 4 is 48.9 Å². The highest BCUT2D eigenvalue weighted by Crippen LogP contribution is 2.30. The number of ether oxygens (including phenoxy) is 1. The molecule has 2 aromatic carbocycles. The van der Waals surface area contributed by atoms with E-state index in [0.717, 1.165) is 42.0 Å². The fraction of sp³-hybridized carbons (Fsp3) is 0.381. The molecule has 0 bridgehead atoms. The molecule has 2 aromatic rings. The van der Waals surface area contributed by atoms with Gasteiger partial charge in [-0.25, -0.2) is 21.2 Å². The van der Waals surface area contributed by atoms with E-state index in [1.807, 2.05) is 0 Å². The summed E-state index contributed by atoms with van der Waals surface area (Å²) in [5.41, 5.74) is 0.0635. The van der Waals surface area contributed by atoms with E-state index in [0.29, 0.717) is 13.1 Å². The second-order valence-electron chi connectivity index (χ2n) is 7.74. The summed E-state index contributed by atoms with van der Waals surface area (Å²) < 4.78 is 71.5. The first kappa shape index (κ1) is 26.2. The van der Waals surface area contributed by atoms with Gasteiger partial charge < -0.3 is 10.1 Å². The van der Waals surface area contributed by atoms with E-state index in [1.165, 1.54) is 35.7 Å². The molecule has 1 saturated heterocycles. The number of rotatable bonds is 8. The summed E-state index contributed by atoms with van der Waals surface area (Å²) in [5.74, 6) is -1.31. The molecule has 0 aliphatic carbocycles. The Morgan fingerprint density at radius 1 is 1.12 bits per heavy atom. The van der Waals surface area contributed by atoms with Gasteiger partial charge in [-0.05, 0) is 49.2 Å². The number of methoxy groups -OCH3 is 1. The van der Waals surface area contributed by atoms with Crippen molar-refractivity contribution in [1.29, 1.82) is 0 Å². The minimum Gasteiger partial charge on any atom is -0.495 e. The van der Waals surface area contributed by atoms with Crippen LogP contribution >= 0.6 is 11.6 Å². The van der Waals surface area contributed by atoms with E-state index < -0.39 is 38.3 Å². The highest BCUT2D eigenvalue weighted by atomic mass is 35.5. The molecule has 1 aliphatic heterocycles. The summed E-state index contributed by atoms with van der Waals surface area (Å²) in [6.45, 7) is 0.173. The van der Waals surface area contributed by atoms with E-state index in [2.05, 4.69) is 5.32 Å². The lowest BCUT2D eigenvalue weighted by Crippen LogP contribution is -2.37. The molecule has 0 radical (unpaired) electrons. The number of hydrogen-bond donors (Lipinski definition) is 1. The zero-order valence-corrected chi connectivity index (χ0v) is 21.0. The molecule has 1 aliphatic rings. The van der Waals surface area contributed by atoms with Crippen LogP contribution in [-0.2, 0) is 24.8 Å². The molecule has 9 nitrogen and oxygen atoms in total. The lowest BCUT2D eigenvalue weighted by molar-refractivity contribution is -0.114. The molecule has 0 aromatic heterocycles. The van der Waals surface area contributed by atoms with Crippen LogP contribution in [0.2, 0.25) is 5.02 Å². The quantitative estimate of drug-likeness (QED) is 0.558. The summed E-state index contributed by atoms with van der Waals surface area (Å²) in [5, 5.41) is 2.21. The number of carbonyl (C=O) groups is 1. The van der Waals surface area contributed by atoms with Crippen LogP contribution in [0.4, 0.5) is 15.8 Å². The molecule has 1 heterocycles.